The third-order valence-electron chi connectivity index (χ3n) is 2.43. The fourth-order valence-corrected chi connectivity index (χ4v) is 1.77. The van der Waals surface area contributed by atoms with Gasteiger partial charge in [0.1, 0.15) is 0 Å². The average molecular weight is 153 g/mol. The van der Waals surface area contributed by atoms with Crippen molar-refractivity contribution in [2.75, 3.05) is 6.54 Å². The third kappa shape index (κ3) is 1.49. The summed E-state index contributed by atoms with van der Waals surface area (Å²) in [6.07, 6.45) is 8.10. The standard InChI is InChI=1S/C8H13N3/c1-2-5-9-7(3-1)8-4-6-10-11-8/h4,6-7,9H,1-3,5H2,(H,10,11)/p+2. The van der Waals surface area contributed by atoms with E-state index in [1.165, 1.54) is 31.5 Å². The number of hydrogen-bond donors (Lipinski definition) is 2. The number of allylic oxidation sites excluding steroid dienone is 1. The van der Waals surface area contributed by atoms with Crippen molar-refractivity contribution < 1.29 is 10.7 Å². The van der Waals surface area contributed by atoms with Crippen LogP contribution in [0.3, 0.4) is 0 Å². The van der Waals surface area contributed by atoms with Gasteiger partial charge in [-0.2, -0.15) is 5.43 Å². The molecule has 0 aromatic carbocycles. The van der Waals surface area contributed by atoms with Gasteiger partial charge in [-0.15, -0.1) is 0 Å². The fourth-order valence-electron chi connectivity index (χ4n) is 1.77. The van der Waals surface area contributed by atoms with Crippen LogP contribution in [-0.4, -0.2) is 18.8 Å². The van der Waals surface area contributed by atoms with Gasteiger partial charge in [0.25, 0.3) is 0 Å². The first-order chi connectivity index (χ1) is 5.47. The Morgan fingerprint density at radius 2 is 2.45 bits per heavy atom. The summed E-state index contributed by atoms with van der Waals surface area (Å²) in [5.74, 6) is 0. The first kappa shape index (κ1) is 7.00. The summed E-state index contributed by atoms with van der Waals surface area (Å²) in [5.41, 5.74) is 3.40. The molecule has 0 amide bonds. The topological polar surface area (TPSA) is 45.6 Å². The molecule has 0 aromatic heterocycles. The summed E-state index contributed by atoms with van der Waals surface area (Å²) in [6.45, 7) is 1.29. The number of nitrogens with zero attached hydrogens (tertiary/aromatic N) is 1. The van der Waals surface area contributed by atoms with E-state index in [0.29, 0.717) is 6.04 Å². The lowest BCUT2D eigenvalue weighted by molar-refractivity contribution is -0.727. The van der Waals surface area contributed by atoms with E-state index in [1.807, 2.05) is 11.6 Å². The first-order valence-electron chi connectivity index (χ1n) is 4.37. The van der Waals surface area contributed by atoms with Crippen LogP contribution in [0.2, 0.25) is 0 Å². The minimum absolute atomic E-state index is 0.700. The number of piperidine rings is 1. The molecule has 2 heterocycles. The summed E-state index contributed by atoms with van der Waals surface area (Å²) in [5, 5.41) is 6.51. The van der Waals surface area contributed by atoms with E-state index in [2.05, 4.69) is 16.5 Å². The zero-order chi connectivity index (χ0) is 7.52. The predicted molar refractivity (Wildman–Crippen MR) is 42.9 cm³/mol. The van der Waals surface area contributed by atoms with E-state index < -0.39 is 0 Å². The van der Waals surface area contributed by atoms with Gasteiger partial charge in [-0.05, 0) is 12.8 Å². The molecule has 0 aliphatic carbocycles. The van der Waals surface area contributed by atoms with Gasteiger partial charge >= 0.3 is 0 Å². The Morgan fingerprint density at radius 3 is 3.09 bits per heavy atom. The molecule has 2 rings (SSSR count). The number of quaternary nitrogens is 2. The van der Waals surface area contributed by atoms with Crippen molar-refractivity contribution >= 4 is 6.21 Å². The van der Waals surface area contributed by atoms with Gasteiger partial charge in [0.2, 0.25) is 0 Å². The lowest BCUT2D eigenvalue weighted by Crippen LogP contribution is -2.96. The molecule has 0 spiro atoms. The van der Waals surface area contributed by atoms with Gasteiger partial charge < -0.3 is 5.32 Å². The molecule has 4 N–H and O–H groups in total. The molecule has 2 aliphatic rings. The van der Waals surface area contributed by atoms with E-state index in [1.54, 1.807) is 0 Å². The predicted octanol–water partition coefficient (Wildman–Crippen LogP) is -1.45. The number of hydrogen-bond acceptors (Lipinski definition) is 1. The Bertz CT molecular complexity index is 190. The zero-order valence-electron chi connectivity index (χ0n) is 6.66. The fraction of sp³-hybridized carbons (Fsp3) is 0.625. The Hall–Kier alpha value is -0.670. The second kappa shape index (κ2) is 3.15. The Kier molecular flexibility index (Phi) is 2.01. The van der Waals surface area contributed by atoms with Crippen molar-refractivity contribution in [3.8, 4) is 0 Å². The maximum Gasteiger partial charge on any atom is 0.192 e. The van der Waals surface area contributed by atoms with Crippen LogP contribution >= 0.6 is 0 Å². The van der Waals surface area contributed by atoms with Crippen LogP contribution < -0.4 is 10.7 Å². The molecule has 1 saturated heterocycles. The van der Waals surface area contributed by atoms with E-state index >= 15 is 0 Å². The first-order valence-corrected chi connectivity index (χ1v) is 4.37. The molecule has 2 aliphatic heterocycles. The van der Waals surface area contributed by atoms with Gasteiger partial charge in [-0.1, -0.05) is 5.10 Å². The van der Waals surface area contributed by atoms with Crippen LogP contribution in [-0.2, 0) is 0 Å². The van der Waals surface area contributed by atoms with Gasteiger partial charge in [-0.25, -0.2) is 0 Å². The highest BCUT2D eigenvalue weighted by Gasteiger charge is 2.25. The largest absolute Gasteiger partial charge is 0.336 e. The Morgan fingerprint density at radius 1 is 1.45 bits per heavy atom. The van der Waals surface area contributed by atoms with Gasteiger partial charge in [-0.3, -0.25) is 0 Å². The number of nitrogens with two attached hydrogens (primary N) is 2. The molecular weight excluding hydrogens is 138 g/mol. The van der Waals surface area contributed by atoms with Crippen molar-refractivity contribution in [2.24, 2.45) is 5.10 Å². The van der Waals surface area contributed by atoms with Gasteiger partial charge in [0, 0.05) is 12.5 Å². The average Bonchev–Trinajstić information content (AvgIpc) is 2.58. The van der Waals surface area contributed by atoms with Crippen LogP contribution in [0.15, 0.2) is 16.9 Å². The SMILES string of the molecule is C1=N[NH2+]C(C2CCCC[NH2+]2)=C1. The summed E-state index contributed by atoms with van der Waals surface area (Å²) < 4.78 is 0. The quantitative estimate of drug-likeness (QED) is 0.433. The third-order valence-corrected chi connectivity index (χ3v) is 2.43. The maximum atomic E-state index is 4.08. The second-order valence-electron chi connectivity index (χ2n) is 3.22. The molecule has 1 atom stereocenters. The zero-order valence-corrected chi connectivity index (χ0v) is 6.66. The van der Waals surface area contributed by atoms with Crippen molar-refractivity contribution in [1.29, 1.82) is 0 Å². The van der Waals surface area contributed by atoms with Crippen LogP contribution in [0.25, 0.3) is 0 Å². The lowest BCUT2D eigenvalue weighted by Gasteiger charge is -2.17. The lowest BCUT2D eigenvalue weighted by atomic mass is 10.0. The highest BCUT2D eigenvalue weighted by Crippen LogP contribution is 2.05. The van der Waals surface area contributed by atoms with Crippen molar-refractivity contribution in [3.63, 3.8) is 0 Å². The second-order valence-corrected chi connectivity index (χ2v) is 3.22. The van der Waals surface area contributed by atoms with Gasteiger partial charge in [0.15, 0.2) is 11.7 Å². The molecule has 1 unspecified atom stereocenters. The minimum atomic E-state index is 0.700. The van der Waals surface area contributed by atoms with E-state index in [-0.39, 0.29) is 0 Å². The van der Waals surface area contributed by atoms with Crippen LogP contribution in [0, 0.1) is 0 Å². The molecule has 11 heavy (non-hydrogen) atoms. The number of rotatable bonds is 1. The summed E-state index contributed by atoms with van der Waals surface area (Å²) >= 11 is 0. The molecule has 0 radical (unpaired) electrons. The van der Waals surface area contributed by atoms with Crippen molar-refractivity contribution in [2.45, 2.75) is 25.3 Å². The Labute approximate surface area is 66.6 Å². The summed E-state index contributed by atoms with van der Waals surface area (Å²) in [6, 6.07) is 0.700. The van der Waals surface area contributed by atoms with E-state index in [4.69, 9.17) is 0 Å². The molecule has 0 saturated carbocycles. The normalized spacial score (nSPS) is 30.5. The Balaban J connectivity index is 1.93. The molecule has 0 aromatic rings. The molecule has 3 nitrogen and oxygen atoms in total. The van der Waals surface area contributed by atoms with E-state index in [0.717, 1.165) is 0 Å². The van der Waals surface area contributed by atoms with Crippen molar-refractivity contribution in [1.82, 2.24) is 0 Å². The monoisotopic (exact) mass is 153 g/mol. The highest BCUT2D eigenvalue weighted by atomic mass is 15.3. The smallest absolute Gasteiger partial charge is 0.192 e. The highest BCUT2D eigenvalue weighted by molar-refractivity contribution is 5.72. The maximum absolute atomic E-state index is 4.08. The van der Waals surface area contributed by atoms with Crippen LogP contribution in [0.5, 0.6) is 0 Å². The molecule has 60 valence electrons. The molecule has 3 heteroatoms. The molecule has 0 bridgehead atoms. The summed E-state index contributed by atoms with van der Waals surface area (Å²) in [7, 11) is 0. The van der Waals surface area contributed by atoms with E-state index in [9.17, 15) is 0 Å². The van der Waals surface area contributed by atoms with Gasteiger partial charge in [0.05, 0.1) is 12.8 Å². The molecule has 1 fully saturated rings. The minimum Gasteiger partial charge on any atom is -0.336 e. The molecular formula is C8H15N3+2. The van der Waals surface area contributed by atoms with Crippen LogP contribution in [0.4, 0.5) is 0 Å². The van der Waals surface area contributed by atoms with Crippen molar-refractivity contribution in [3.05, 3.63) is 11.8 Å². The van der Waals surface area contributed by atoms with Crippen LogP contribution in [0.1, 0.15) is 19.3 Å². The summed E-state index contributed by atoms with van der Waals surface area (Å²) in [4.78, 5) is 0.